The second-order valence-electron chi connectivity index (χ2n) is 3.81. The number of hydrogen-bond acceptors (Lipinski definition) is 3. The van der Waals surface area contributed by atoms with E-state index in [9.17, 15) is 4.79 Å². The Morgan fingerprint density at radius 3 is 2.76 bits per heavy atom. The van der Waals surface area contributed by atoms with E-state index >= 15 is 0 Å². The fourth-order valence-electron chi connectivity index (χ4n) is 1.84. The summed E-state index contributed by atoms with van der Waals surface area (Å²) in [6.07, 6.45) is 1.63. The third kappa shape index (κ3) is 1.57. The van der Waals surface area contributed by atoms with Crippen LogP contribution in [-0.2, 0) is 0 Å². The first kappa shape index (κ1) is 9.65. The van der Waals surface area contributed by atoms with Crippen molar-refractivity contribution in [1.82, 2.24) is 15.2 Å². The summed E-state index contributed by atoms with van der Waals surface area (Å²) in [6, 6.07) is 9.14. The Morgan fingerprint density at radius 1 is 1.12 bits per heavy atom. The van der Waals surface area contributed by atoms with Crippen LogP contribution in [0.25, 0.3) is 22.0 Å². The molecule has 5 heteroatoms. The zero-order valence-electron chi connectivity index (χ0n) is 8.90. The SMILES string of the molecule is Nc1n[nH]c2cc(-c3cc[nH]c(=O)c3)ccc12. The third-order valence-electron chi connectivity index (χ3n) is 2.70. The van der Waals surface area contributed by atoms with Gasteiger partial charge in [0.05, 0.1) is 5.52 Å². The molecule has 4 N–H and O–H groups in total. The van der Waals surface area contributed by atoms with Gasteiger partial charge in [0.1, 0.15) is 0 Å². The Balaban J connectivity index is 2.21. The Hall–Kier alpha value is -2.56. The summed E-state index contributed by atoms with van der Waals surface area (Å²) in [6.45, 7) is 0. The molecule has 0 bridgehead atoms. The zero-order chi connectivity index (χ0) is 11.8. The summed E-state index contributed by atoms with van der Waals surface area (Å²) < 4.78 is 0. The average molecular weight is 226 g/mol. The molecule has 2 aromatic heterocycles. The predicted molar refractivity (Wildman–Crippen MR) is 66.6 cm³/mol. The van der Waals surface area contributed by atoms with Gasteiger partial charge in [-0.3, -0.25) is 9.89 Å². The van der Waals surface area contributed by atoms with Crippen molar-refractivity contribution < 1.29 is 0 Å². The first-order chi connectivity index (χ1) is 8.24. The summed E-state index contributed by atoms with van der Waals surface area (Å²) in [5, 5.41) is 7.67. The summed E-state index contributed by atoms with van der Waals surface area (Å²) in [5.74, 6) is 0.484. The number of benzene rings is 1. The summed E-state index contributed by atoms with van der Waals surface area (Å²) >= 11 is 0. The Morgan fingerprint density at radius 2 is 1.94 bits per heavy atom. The lowest BCUT2D eigenvalue weighted by Crippen LogP contribution is -2.01. The van der Waals surface area contributed by atoms with Crippen LogP contribution in [0.5, 0.6) is 0 Å². The van der Waals surface area contributed by atoms with E-state index in [0.717, 1.165) is 22.0 Å². The van der Waals surface area contributed by atoms with Gasteiger partial charge >= 0.3 is 0 Å². The minimum atomic E-state index is -0.119. The van der Waals surface area contributed by atoms with Crippen molar-refractivity contribution >= 4 is 16.7 Å². The normalized spacial score (nSPS) is 10.8. The van der Waals surface area contributed by atoms with Gasteiger partial charge in [0, 0.05) is 17.6 Å². The molecular formula is C12H10N4O. The van der Waals surface area contributed by atoms with Gasteiger partial charge in [0.15, 0.2) is 5.82 Å². The minimum Gasteiger partial charge on any atom is -0.382 e. The summed E-state index contributed by atoms with van der Waals surface area (Å²) in [7, 11) is 0. The molecule has 0 atom stereocenters. The molecule has 0 radical (unpaired) electrons. The number of fused-ring (bicyclic) bond motifs is 1. The molecule has 84 valence electrons. The molecule has 1 aromatic carbocycles. The molecule has 0 aliphatic heterocycles. The van der Waals surface area contributed by atoms with E-state index in [4.69, 9.17) is 5.73 Å². The number of nitrogens with two attached hydrogens (primary N) is 1. The molecular weight excluding hydrogens is 216 g/mol. The van der Waals surface area contributed by atoms with Crippen molar-refractivity contribution in [3.63, 3.8) is 0 Å². The maximum absolute atomic E-state index is 11.2. The highest BCUT2D eigenvalue weighted by molar-refractivity contribution is 5.91. The summed E-state index contributed by atoms with van der Waals surface area (Å²) in [4.78, 5) is 13.8. The van der Waals surface area contributed by atoms with Crippen molar-refractivity contribution in [2.45, 2.75) is 0 Å². The van der Waals surface area contributed by atoms with E-state index in [0.29, 0.717) is 5.82 Å². The topological polar surface area (TPSA) is 87.6 Å². The number of rotatable bonds is 1. The van der Waals surface area contributed by atoms with E-state index in [1.807, 2.05) is 24.3 Å². The highest BCUT2D eigenvalue weighted by Gasteiger charge is 2.04. The van der Waals surface area contributed by atoms with Gasteiger partial charge in [-0.1, -0.05) is 6.07 Å². The van der Waals surface area contributed by atoms with Gasteiger partial charge in [0.2, 0.25) is 5.56 Å². The van der Waals surface area contributed by atoms with Gasteiger partial charge in [-0.2, -0.15) is 5.10 Å². The largest absolute Gasteiger partial charge is 0.382 e. The van der Waals surface area contributed by atoms with E-state index in [-0.39, 0.29) is 5.56 Å². The van der Waals surface area contributed by atoms with Crippen LogP contribution in [-0.4, -0.2) is 15.2 Å². The molecule has 3 rings (SSSR count). The van der Waals surface area contributed by atoms with Crippen LogP contribution in [0.2, 0.25) is 0 Å². The molecule has 0 unspecified atom stereocenters. The number of anilines is 1. The first-order valence-electron chi connectivity index (χ1n) is 5.17. The van der Waals surface area contributed by atoms with Gasteiger partial charge in [-0.15, -0.1) is 0 Å². The number of nitrogens with zero attached hydrogens (tertiary/aromatic N) is 1. The first-order valence-corrected chi connectivity index (χ1v) is 5.17. The van der Waals surface area contributed by atoms with Crippen LogP contribution < -0.4 is 11.3 Å². The van der Waals surface area contributed by atoms with Crippen LogP contribution in [0.4, 0.5) is 5.82 Å². The number of aromatic amines is 2. The maximum Gasteiger partial charge on any atom is 0.248 e. The highest BCUT2D eigenvalue weighted by atomic mass is 16.1. The Bertz CT molecular complexity index is 741. The van der Waals surface area contributed by atoms with Crippen molar-refractivity contribution in [1.29, 1.82) is 0 Å². The van der Waals surface area contributed by atoms with Crippen molar-refractivity contribution in [3.05, 3.63) is 46.9 Å². The monoisotopic (exact) mass is 226 g/mol. The fourth-order valence-corrected chi connectivity index (χ4v) is 1.84. The quantitative estimate of drug-likeness (QED) is 0.587. The smallest absolute Gasteiger partial charge is 0.248 e. The molecule has 17 heavy (non-hydrogen) atoms. The van der Waals surface area contributed by atoms with Crippen LogP contribution in [0.1, 0.15) is 0 Å². The van der Waals surface area contributed by atoms with Crippen molar-refractivity contribution in [2.24, 2.45) is 0 Å². The molecule has 0 aliphatic carbocycles. The van der Waals surface area contributed by atoms with Crippen molar-refractivity contribution in [2.75, 3.05) is 5.73 Å². The number of hydrogen-bond donors (Lipinski definition) is 3. The zero-order valence-corrected chi connectivity index (χ0v) is 8.90. The minimum absolute atomic E-state index is 0.119. The third-order valence-corrected chi connectivity index (χ3v) is 2.70. The highest BCUT2D eigenvalue weighted by Crippen LogP contribution is 2.24. The number of pyridine rings is 1. The number of nitrogen functional groups attached to an aromatic ring is 1. The Labute approximate surface area is 96.3 Å². The van der Waals surface area contributed by atoms with E-state index < -0.39 is 0 Å². The summed E-state index contributed by atoms with van der Waals surface area (Å²) in [5.41, 5.74) is 8.25. The maximum atomic E-state index is 11.2. The second-order valence-corrected chi connectivity index (χ2v) is 3.81. The number of aromatic nitrogens is 3. The molecule has 0 aliphatic rings. The standard InChI is InChI=1S/C12H10N4O/c13-12-9-2-1-7(5-10(9)15-16-12)8-3-4-14-11(17)6-8/h1-6H,(H,14,17)(H3,13,15,16). The van der Waals surface area contributed by atoms with E-state index in [2.05, 4.69) is 15.2 Å². The molecule has 0 fully saturated rings. The molecule has 0 saturated heterocycles. The average Bonchev–Trinajstić information content (AvgIpc) is 2.71. The van der Waals surface area contributed by atoms with Crippen molar-refractivity contribution in [3.8, 4) is 11.1 Å². The number of nitrogens with one attached hydrogen (secondary N) is 2. The lowest BCUT2D eigenvalue weighted by atomic mass is 10.1. The predicted octanol–water partition coefficient (Wildman–Crippen LogP) is 1.50. The second kappa shape index (κ2) is 3.48. The van der Waals surface area contributed by atoms with Gasteiger partial charge in [-0.25, -0.2) is 0 Å². The van der Waals surface area contributed by atoms with Crippen LogP contribution >= 0.6 is 0 Å². The lowest BCUT2D eigenvalue weighted by Gasteiger charge is -2.00. The molecule has 5 nitrogen and oxygen atoms in total. The lowest BCUT2D eigenvalue weighted by molar-refractivity contribution is 1.13. The van der Waals surface area contributed by atoms with Crippen LogP contribution in [0.3, 0.4) is 0 Å². The molecule has 3 aromatic rings. The van der Waals surface area contributed by atoms with Gasteiger partial charge < -0.3 is 10.7 Å². The fraction of sp³-hybridized carbons (Fsp3) is 0. The van der Waals surface area contributed by atoms with E-state index in [1.165, 1.54) is 0 Å². The van der Waals surface area contributed by atoms with Gasteiger partial charge in [-0.05, 0) is 29.3 Å². The van der Waals surface area contributed by atoms with Crippen LogP contribution in [0, 0.1) is 0 Å². The molecule has 0 spiro atoms. The molecule has 0 saturated carbocycles. The number of H-pyrrole nitrogens is 2. The van der Waals surface area contributed by atoms with E-state index in [1.54, 1.807) is 12.3 Å². The molecule has 0 amide bonds. The van der Waals surface area contributed by atoms with Gasteiger partial charge in [0.25, 0.3) is 0 Å². The molecule has 2 heterocycles. The Kier molecular flexibility index (Phi) is 1.98. The van der Waals surface area contributed by atoms with Crippen LogP contribution in [0.15, 0.2) is 41.3 Å².